The smallest absolute Gasteiger partial charge is 0.207 e. The molecule has 0 aliphatic carbocycles. The molecular formula is C10H14N4. The Labute approximate surface area is 84.5 Å². The summed E-state index contributed by atoms with van der Waals surface area (Å²) in [4.78, 5) is 5.80. The fourth-order valence-electron chi connectivity index (χ4n) is 1.67. The fourth-order valence-corrected chi connectivity index (χ4v) is 1.67. The average molecular weight is 190 g/mol. The van der Waals surface area contributed by atoms with Gasteiger partial charge >= 0.3 is 0 Å². The molecule has 74 valence electrons. The summed E-state index contributed by atoms with van der Waals surface area (Å²) in [7, 11) is 0. The van der Waals surface area contributed by atoms with Crippen LogP contribution in [0.15, 0.2) is 4.99 Å². The average Bonchev–Trinajstić information content (AvgIpc) is 2.26. The van der Waals surface area contributed by atoms with Gasteiger partial charge in [-0.05, 0) is 26.2 Å². The predicted octanol–water partition coefficient (Wildman–Crippen LogP) is 1.51. The highest BCUT2D eigenvalue weighted by Crippen LogP contribution is 2.13. The summed E-state index contributed by atoms with van der Waals surface area (Å²) in [6, 6.07) is 2.12. The van der Waals surface area contributed by atoms with Gasteiger partial charge in [-0.25, -0.2) is 0 Å². The van der Waals surface area contributed by atoms with E-state index in [2.05, 4.69) is 16.0 Å². The van der Waals surface area contributed by atoms with Crippen LogP contribution in [0, 0.1) is 28.7 Å². The Morgan fingerprint density at radius 3 is 2.43 bits per heavy atom. The highest BCUT2D eigenvalue weighted by Gasteiger charge is 2.19. The lowest BCUT2D eigenvalue weighted by atomic mass is 10.1. The van der Waals surface area contributed by atoms with Crippen LogP contribution in [0.25, 0.3) is 0 Å². The molecule has 1 atom stereocenters. The third kappa shape index (κ3) is 2.47. The molecule has 0 saturated carbocycles. The maximum Gasteiger partial charge on any atom is 0.207 e. The topological polar surface area (TPSA) is 63.2 Å². The lowest BCUT2D eigenvalue weighted by Crippen LogP contribution is -2.38. The van der Waals surface area contributed by atoms with E-state index >= 15 is 0 Å². The number of aliphatic imine (C=N–C) groups is 1. The van der Waals surface area contributed by atoms with Crippen molar-refractivity contribution in [2.24, 2.45) is 10.9 Å². The van der Waals surface area contributed by atoms with E-state index in [0.29, 0.717) is 5.84 Å². The van der Waals surface area contributed by atoms with E-state index in [1.54, 1.807) is 13.1 Å². The molecule has 0 N–H and O–H groups in total. The first-order valence-corrected chi connectivity index (χ1v) is 4.91. The van der Waals surface area contributed by atoms with Gasteiger partial charge in [-0.2, -0.15) is 15.5 Å². The summed E-state index contributed by atoms with van der Waals surface area (Å²) >= 11 is 0. The van der Waals surface area contributed by atoms with Gasteiger partial charge in [-0.3, -0.25) is 0 Å². The Bertz CT molecular complexity index is 288. The molecule has 0 aromatic heterocycles. The number of hydrogen-bond donors (Lipinski definition) is 0. The van der Waals surface area contributed by atoms with E-state index in [-0.39, 0.29) is 5.92 Å². The van der Waals surface area contributed by atoms with E-state index in [1.165, 1.54) is 6.42 Å². The fraction of sp³-hybridized carbons (Fsp3) is 0.700. The van der Waals surface area contributed by atoms with Crippen LogP contribution < -0.4 is 0 Å². The highest BCUT2D eigenvalue weighted by atomic mass is 15.2. The van der Waals surface area contributed by atoms with Gasteiger partial charge in [-0.15, -0.1) is 0 Å². The van der Waals surface area contributed by atoms with Gasteiger partial charge in [0.15, 0.2) is 0 Å². The van der Waals surface area contributed by atoms with Crippen molar-refractivity contribution in [3.63, 3.8) is 0 Å². The van der Waals surface area contributed by atoms with Crippen LogP contribution >= 0.6 is 0 Å². The zero-order valence-corrected chi connectivity index (χ0v) is 8.40. The van der Waals surface area contributed by atoms with Crippen molar-refractivity contribution < 1.29 is 0 Å². The second kappa shape index (κ2) is 5.24. The molecule has 4 nitrogen and oxygen atoms in total. The molecule has 1 aliphatic heterocycles. The van der Waals surface area contributed by atoms with Gasteiger partial charge < -0.3 is 4.90 Å². The van der Waals surface area contributed by atoms with Crippen LogP contribution in [0.4, 0.5) is 0 Å². The van der Waals surface area contributed by atoms with Crippen molar-refractivity contribution in [2.45, 2.75) is 26.2 Å². The van der Waals surface area contributed by atoms with Crippen LogP contribution in [0.2, 0.25) is 0 Å². The number of likely N-dealkylation sites (tertiary alicyclic amines) is 1. The quantitative estimate of drug-likeness (QED) is 0.357. The Morgan fingerprint density at radius 1 is 1.29 bits per heavy atom. The molecule has 1 aliphatic rings. The molecule has 14 heavy (non-hydrogen) atoms. The first-order chi connectivity index (χ1) is 6.79. The minimum absolute atomic E-state index is 0.284. The van der Waals surface area contributed by atoms with Crippen molar-refractivity contribution >= 4 is 5.84 Å². The van der Waals surface area contributed by atoms with Crippen molar-refractivity contribution in [1.82, 2.24) is 4.90 Å². The van der Waals surface area contributed by atoms with E-state index in [9.17, 15) is 0 Å². The minimum Gasteiger partial charge on any atom is -0.358 e. The molecule has 1 heterocycles. The number of nitrogens with zero attached hydrogens (tertiary/aromatic N) is 4. The maximum absolute atomic E-state index is 8.80. The summed E-state index contributed by atoms with van der Waals surface area (Å²) in [5.74, 6) is 0.349. The van der Waals surface area contributed by atoms with Gasteiger partial charge in [0.05, 0.1) is 6.07 Å². The van der Waals surface area contributed by atoms with E-state index in [1.807, 2.05) is 0 Å². The zero-order chi connectivity index (χ0) is 10.4. The number of amidine groups is 1. The molecule has 0 amide bonds. The third-order valence-corrected chi connectivity index (χ3v) is 2.43. The Balaban J connectivity index is 2.73. The van der Waals surface area contributed by atoms with Crippen LogP contribution in [0.1, 0.15) is 26.2 Å². The minimum atomic E-state index is -0.284. The standard InChI is InChI=1S/C10H14N4/c1-9(7-11)10(13-8-12)14-5-3-2-4-6-14/h9H,2-6H2,1H3/b13-10-. The van der Waals surface area contributed by atoms with Crippen LogP contribution in [0.3, 0.4) is 0 Å². The zero-order valence-electron chi connectivity index (χ0n) is 8.40. The van der Waals surface area contributed by atoms with Gasteiger partial charge in [0.2, 0.25) is 6.19 Å². The summed E-state index contributed by atoms with van der Waals surface area (Å²) < 4.78 is 0. The summed E-state index contributed by atoms with van der Waals surface area (Å²) in [5, 5.41) is 17.3. The van der Waals surface area contributed by atoms with Crippen molar-refractivity contribution in [3.8, 4) is 12.3 Å². The number of nitriles is 2. The number of piperidine rings is 1. The van der Waals surface area contributed by atoms with E-state index in [0.717, 1.165) is 25.9 Å². The Kier molecular flexibility index (Phi) is 3.94. The Morgan fingerprint density at radius 2 is 1.93 bits per heavy atom. The van der Waals surface area contributed by atoms with Crippen molar-refractivity contribution in [1.29, 1.82) is 10.5 Å². The molecule has 4 heteroatoms. The molecule has 1 fully saturated rings. The summed E-state index contributed by atoms with van der Waals surface area (Å²) in [6.45, 7) is 3.63. The molecule has 0 bridgehead atoms. The molecular weight excluding hydrogens is 176 g/mol. The molecule has 1 rings (SSSR count). The summed E-state index contributed by atoms with van der Waals surface area (Å²) in [6.07, 6.45) is 5.26. The highest BCUT2D eigenvalue weighted by molar-refractivity contribution is 5.87. The number of rotatable bonds is 1. The van der Waals surface area contributed by atoms with E-state index in [4.69, 9.17) is 10.5 Å². The maximum atomic E-state index is 8.80. The second-order valence-electron chi connectivity index (χ2n) is 3.47. The normalized spacial score (nSPS) is 19.6. The van der Waals surface area contributed by atoms with Gasteiger partial charge in [0, 0.05) is 13.1 Å². The first kappa shape index (κ1) is 10.5. The lowest BCUT2D eigenvalue weighted by molar-refractivity contribution is 0.333. The van der Waals surface area contributed by atoms with Gasteiger partial charge in [-0.1, -0.05) is 0 Å². The van der Waals surface area contributed by atoms with Gasteiger partial charge in [0.25, 0.3) is 0 Å². The molecule has 0 aromatic rings. The molecule has 1 saturated heterocycles. The first-order valence-electron chi connectivity index (χ1n) is 4.91. The second-order valence-corrected chi connectivity index (χ2v) is 3.47. The number of hydrogen-bond acceptors (Lipinski definition) is 3. The largest absolute Gasteiger partial charge is 0.358 e. The molecule has 0 aromatic carbocycles. The van der Waals surface area contributed by atoms with Crippen molar-refractivity contribution in [3.05, 3.63) is 0 Å². The van der Waals surface area contributed by atoms with Crippen LogP contribution in [0.5, 0.6) is 0 Å². The van der Waals surface area contributed by atoms with Crippen LogP contribution in [-0.2, 0) is 0 Å². The third-order valence-electron chi connectivity index (χ3n) is 2.43. The van der Waals surface area contributed by atoms with Crippen molar-refractivity contribution in [2.75, 3.05) is 13.1 Å². The van der Waals surface area contributed by atoms with Gasteiger partial charge in [0.1, 0.15) is 11.8 Å². The molecule has 0 spiro atoms. The monoisotopic (exact) mass is 190 g/mol. The Hall–Kier alpha value is -1.55. The summed E-state index contributed by atoms with van der Waals surface area (Å²) in [5.41, 5.74) is 0. The lowest BCUT2D eigenvalue weighted by Gasteiger charge is -2.30. The van der Waals surface area contributed by atoms with E-state index < -0.39 is 0 Å². The van der Waals surface area contributed by atoms with Crippen LogP contribution in [-0.4, -0.2) is 23.8 Å². The molecule has 0 radical (unpaired) electrons. The predicted molar refractivity (Wildman–Crippen MR) is 53.2 cm³/mol. The molecule has 1 unspecified atom stereocenters. The SMILES string of the molecule is CC(C#N)/C(=N/C#N)N1CCCCC1.